The van der Waals surface area contributed by atoms with Crippen molar-refractivity contribution in [3.63, 3.8) is 0 Å². The van der Waals surface area contributed by atoms with Crippen molar-refractivity contribution in [3.05, 3.63) is 33.1 Å². The smallest absolute Gasteiger partial charge is 0.278 e. The fraction of sp³-hybridized carbons (Fsp3) is 0.353. The van der Waals surface area contributed by atoms with E-state index < -0.39 is 0 Å². The van der Waals surface area contributed by atoms with E-state index in [0.29, 0.717) is 35.0 Å². The van der Waals surface area contributed by atoms with Gasteiger partial charge >= 0.3 is 0 Å². The second-order valence-electron chi connectivity index (χ2n) is 4.85. The van der Waals surface area contributed by atoms with Gasteiger partial charge in [0.1, 0.15) is 11.3 Å². The topological polar surface area (TPSA) is 56.4 Å². The highest BCUT2D eigenvalue weighted by Gasteiger charge is 2.25. The van der Waals surface area contributed by atoms with E-state index in [1.165, 1.54) is 16.5 Å². The maximum absolute atomic E-state index is 12.7. The number of methoxy groups -OCH3 is 1. The Morgan fingerprint density at radius 2 is 1.87 bits per heavy atom. The minimum absolute atomic E-state index is 0.117. The molecular formula is C17H19ClN2O3. The normalized spacial score (nSPS) is 10.3. The van der Waals surface area contributed by atoms with Crippen molar-refractivity contribution in [1.29, 1.82) is 0 Å². The number of halogens is 1. The molecule has 6 heteroatoms. The second-order valence-corrected chi connectivity index (χ2v) is 5.25. The Morgan fingerprint density at radius 3 is 2.35 bits per heavy atom. The fourth-order valence-electron chi connectivity index (χ4n) is 2.63. The van der Waals surface area contributed by atoms with E-state index in [1.54, 1.807) is 19.1 Å². The molecule has 122 valence electrons. The van der Waals surface area contributed by atoms with Gasteiger partial charge in [-0.25, -0.2) is 4.68 Å². The molecule has 0 aliphatic heterocycles. The van der Waals surface area contributed by atoms with Crippen molar-refractivity contribution >= 4 is 11.6 Å². The summed E-state index contributed by atoms with van der Waals surface area (Å²) in [5.41, 5.74) is 0.906. The molecule has 2 rings (SSSR count). The van der Waals surface area contributed by atoms with Crippen molar-refractivity contribution in [2.24, 2.45) is 0 Å². The zero-order valence-electron chi connectivity index (χ0n) is 13.6. The SMILES string of the molecule is CC#Cc1cc(Cl)c(-c2c(O)n(CC)n(CC)c2=O)c(OC)c1. The van der Waals surface area contributed by atoms with Crippen molar-refractivity contribution in [1.82, 2.24) is 9.36 Å². The summed E-state index contributed by atoms with van der Waals surface area (Å²) in [5.74, 6) is 5.98. The number of ether oxygens (including phenoxy) is 1. The average Bonchev–Trinajstić information content (AvgIpc) is 2.77. The molecule has 1 aromatic carbocycles. The van der Waals surface area contributed by atoms with Gasteiger partial charge in [0.15, 0.2) is 0 Å². The third-order valence-corrected chi connectivity index (χ3v) is 3.90. The summed E-state index contributed by atoms with van der Waals surface area (Å²) in [4.78, 5) is 12.7. The van der Waals surface area contributed by atoms with Gasteiger partial charge in [-0.3, -0.25) is 9.48 Å². The Balaban J connectivity index is 2.84. The van der Waals surface area contributed by atoms with Crippen LogP contribution in [-0.2, 0) is 13.1 Å². The molecule has 0 atom stereocenters. The Kier molecular flexibility index (Phi) is 5.07. The van der Waals surface area contributed by atoms with Crippen LogP contribution in [0.2, 0.25) is 5.02 Å². The van der Waals surface area contributed by atoms with E-state index in [0.717, 1.165) is 0 Å². The van der Waals surface area contributed by atoms with Crippen molar-refractivity contribution in [3.8, 4) is 34.6 Å². The molecule has 0 radical (unpaired) electrons. The standard InChI is InChI=1S/C17H19ClN2O3/c1-5-8-11-9-12(18)14(13(10-11)23-4)15-16(21)19(6-2)20(7-3)17(15)22/h9-10,21H,6-7H2,1-4H3. The van der Waals surface area contributed by atoms with Crippen LogP contribution in [0.15, 0.2) is 16.9 Å². The van der Waals surface area contributed by atoms with Gasteiger partial charge in [0.2, 0.25) is 5.88 Å². The van der Waals surface area contributed by atoms with Crippen LogP contribution in [0, 0.1) is 11.8 Å². The predicted octanol–water partition coefficient (Wildman–Crippen LogP) is 3.10. The van der Waals surface area contributed by atoms with Gasteiger partial charge in [0.05, 0.1) is 17.7 Å². The molecule has 1 N–H and O–H groups in total. The molecule has 0 unspecified atom stereocenters. The zero-order valence-corrected chi connectivity index (χ0v) is 14.4. The monoisotopic (exact) mass is 334 g/mol. The predicted molar refractivity (Wildman–Crippen MR) is 91.3 cm³/mol. The number of hydrogen-bond donors (Lipinski definition) is 1. The van der Waals surface area contributed by atoms with Crippen LogP contribution < -0.4 is 10.3 Å². The van der Waals surface area contributed by atoms with Crippen molar-refractivity contribution in [2.45, 2.75) is 33.9 Å². The summed E-state index contributed by atoms with van der Waals surface area (Å²) in [5, 5.41) is 10.8. The number of nitrogens with zero attached hydrogens (tertiary/aromatic N) is 2. The van der Waals surface area contributed by atoms with Gasteiger partial charge in [-0.15, -0.1) is 5.92 Å². The molecule has 5 nitrogen and oxygen atoms in total. The largest absolute Gasteiger partial charge is 0.496 e. The lowest BCUT2D eigenvalue weighted by Gasteiger charge is -2.10. The van der Waals surface area contributed by atoms with Crippen LogP contribution in [0.25, 0.3) is 11.1 Å². The first kappa shape index (κ1) is 17.0. The molecule has 1 heterocycles. The average molecular weight is 335 g/mol. The molecule has 0 amide bonds. The summed E-state index contributed by atoms with van der Waals surface area (Å²) in [6.07, 6.45) is 0. The fourth-order valence-corrected chi connectivity index (χ4v) is 2.94. The number of aromatic nitrogens is 2. The van der Waals surface area contributed by atoms with Gasteiger partial charge in [0, 0.05) is 18.7 Å². The zero-order chi connectivity index (χ0) is 17.1. The molecule has 0 saturated carbocycles. The van der Waals surface area contributed by atoms with Gasteiger partial charge in [-0.1, -0.05) is 17.5 Å². The first-order valence-electron chi connectivity index (χ1n) is 7.33. The van der Waals surface area contributed by atoms with Crippen LogP contribution in [0.5, 0.6) is 11.6 Å². The molecule has 1 aromatic heterocycles. The number of rotatable bonds is 4. The summed E-state index contributed by atoms with van der Waals surface area (Å²) in [7, 11) is 1.49. The molecule has 0 saturated heterocycles. The van der Waals surface area contributed by atoms with Crippen LogP contribution in [0.4, 0.5) is 0 Å². The number of benzene rings is 1. The van der Waals surface area contributed by atoms with Gasteiger partial charge < -0.3 is 9.84 Å². The molecular weight excluding hydrogens is 316 g/mol. The third-order valence-electron chi connectivity index (χ3n) is 3.60. The van der Waals surface area contributed by atoms with Gasteiger partial charge in [0.25, 0.3) is 5.56 Å². The van der Waals surface area contributed by atoms with E-state index in [4.69, 9.17) is 16.3 Å². The molecule has 2 aromatic rings. The number of aromatic hydroxyl groups is 1. The van der Waals surface area contributed by atoms with Gasteiger partial charge in [-0.2, -0.15) is 0 Å². The van der Waals surface area contributed by atoms with E-state index in [2.05, 4.69) is 11.8 Å². The first-order valence-corrected chi connectivity index (χ1v) is 7.71. The maximum atomic E-state index is 12.7. The first-order chi connectivity index (χ1) is 11.0. The van der Waals surface area contributed by atoms with Crippen molar-refractivity contribution in [2.75, 3.05) is 7.11 Å². The molecule has 23 heavy (non-hydrogen) atoms. The summed E-state index contributed by atoms with van der Waals surface area (Å²) in [6, 6.07) is 3.37. The van der Waals surface area contributed by atoms with E-state index >= 15 is 0 Å². The Labute approximate surface area is 140 Å². The highest BCUT2D eigenvalue weighted by molar-refractivity contribution is 6.34. The summed E-state index contributed by atoms with van der Waals surface area (Å²) < 4.78 is 8.37. The van der Waals surface area contributed by atoms with Crippen LogP contribution in [-0.4, -0.2) is 21.6 Å². The third kappa shape index (κ3) is 2.82. The highest BCUT2D eigenvalue weighted by atomic mass is 35.5. The highest BCUT2D eigenvalue weighted by Crippen LogP contribution is 2.40. The molecule has 0 bridgehead atoms. The minimum Gasteiger partial charge on any atom is -0.496 e. The number of hydrogen-bond acceptors (Lipinski definition) is 3. The Morgan fingerprint density at radius 1 is 1.22 bits per heavy atom. The van der Waals surface area contributed by atoms with Gasteiger partial charge in [-0.05, 0) is 32.9 Å². The van der Waals surface area contributed by atoms with E-state index in [1.807, 2.05) is 13.8 Å². The lowest BCUT2D eigenvalue weighted by atomic mass is 10.0. The Hall–Kier alpha value is -2.32. The maximum Gasteiger partial charge on any atom is 0.278 e. The second kappa shape index (κ2) is 6.84. The van der Waals surface area contributed by atoms with Crippen molar-refractivity contribution < 1.29 is 9.84 Å². The van der Waals surface area contributed by atoms with E-state index in [9.17, 15) is 9.90 Å². The molecule has 0 aliphatic carbocycles. The lowest BCUT2D eigenvalue weighted by molar-refractivity contribution is 0.366. The molecule has 0 spiro atoms. The molecule has 0 aliphatic rings. The van der Waals surface area contributed by atoms with Crippen LogP contribution in [0.1, 0.15) is 26.3 Å². The Bertz CT molecular complexity index is 853. The summed E-state index contributed by atoms with van der Waals surface area (Å²) in [6.45, 7) is 6.33. The van der Waals surface area contributed by atoms with Crippen LogP contribution in [0.3, 0.4) is 0 Å². The minimum atomic E-state index is -0.304. The van der Waals surface area contributed by atoms with Crippen LogP contribution >= 0.6 is 11.6 Å². The molecule has 0 fully saturated rings. The lowest BCUT2D eigenvalue weighted by Crippen LogP contribution is -2.22. The summed E-state index contributed by atoms with van der Waals surface area (Å²) >= 11 is 6.36. The van der Waals surface area contributed by atoms with E-state index in [-0.39, 0.29) is 17.0 Å². The quantitative estimate of drug-likeness (QED) is 0.874.